The van der Waals surface area contributed by atoms with Crippen LogP contribution in [-0.2, 0) is 16.2 Å². The standard InChI is InChI=1S/C23H24F3N7O2S/c24-23(25,26)16-3-6-20(28-13-16)30-17-7-9-33(10-8-17)36(34,35)18-4-1-14(2-5-18)15-11-19-21(27)31-32-22(19)29-12-15/h1,3-4,6,11-13,17H,2,5,7-10H2,(H,28,30)(H3,27,29,31,32). The first kappa shape index (κ1) is 24.3. The summed E-state index contributed by atoms with van der Waals surface area (Å²) in [5, 5.41) is 10.5. The molecule has 1 saturated heterocycles. The van der Waals surface area contributed by atoms with E-state index in [-0.39, 0.29) is 6.04 Å². The summed E-state index contributed by atoms with van der Waals surface area (Å²) in [6.45, 7) is 0.629. The van der Waals surface area contributed by atoms with Crippen molar-refractivity contribution in [3.8, 4) is 0 Å². The Balaban J connectivity index is 1.22. The normalized spacial score (nSPS) is 18.2. The number of nitrogen functional groups attached to an aromatic ring is 1. The number of sulfonamides is 1. The van der Waals surface area contributed by atoms with Crippen molar-refractivity contribution in [2.75, 3.05) is 24.1 Å². The van der Waals surface area contributed by atoms with Gasteiger partial charge in [0.2, 0.25) is 10.0 Å². The van der Waals surface area contributed by atoms with Gasteiger partial charge in [-0.15, -0.1) is 0 Å². The van der Waals surface area contributed by atoms with E-state index in [1.807, 2.05) is 6.07 Å². The molecular formula is C23H24F3N7O2S. The third-order valence-corrected chi connectivity index (χ3v) is 8.54. The highest BCUT2D eigenvalue weighted by Crippen LogP contribution is 2.33. The second-order valence-electron chi connectivity index (χ2n) is 8.81. The van der Waals surface area contributed by atoms with Crippen LogP contribution < -0.4 is 11.1 Å². The van der Waals surface area contributed by atoms with E-state index in [1.54, 1.807) is 18.3 Å². The number of anilines is 2. The number of alkyl halides is 3. The summed E-state index contributed by atoms with van der Waals surface area (Å²) in [6, 6.07) is 4.08. The molecule has 13 heteroatoms. The van der Waals surface area contributed by atoms with Gasteiger partial charge in [-0.25, -0.2) is 18.4 Å². The molecule has 0 unspecified atom stereocenters. The van der Waals surface area contributed by atoms with Crippen LogP contribution in [0.25, 0.3) is 16.6 Å². The first-order valence-corrected chi connectivity index (χ1v) is 12.8. The van der Waals surface area contributed by atoms with E-state index in [9.17, 15) is 21.6 Å². The van der Waals surface area contributed by atoms with Crippen LogP contribution in [0.3, 0.4) is 0 Å². The van der Waals surface area contributed by atoms with E-state index < -0.39 is 21.8 Å². The second kappa shape index (κ2) is 9.21. The number of allylic oxidation sites excluding steroid dienone is 4. The molecule has 1 aliphatic heterocycles. The predicted molar refractivity (Wildman–Crippen MR) is 130 cm³/mol. The average molecular weight is 520 g/mol. The van der Waals surface area contributed by atoms with E-state index in [2.05, 4.69) is 25.5 Å². The lowest BCUT2D eigenvalue weighted by atomic mass is 9.98. The molecule has 3 aromatic heterocycles. The molecule has 1 aliphatic carbocycles. The van der Waals surface area contributed by atoms with Crippen LogP contribution in [0.5, 0.6) is 0 Å². The Morgan fingerprint density at radius 1 is 1.08 bits per heavy atom. The molecule has 3 aromatic rings. The number of rotatable bonds is 5. The zero-order chi connectivity index (χ0) is 25.5. The van der Waals surface area contributed by atoms with E-state index in [0.29, 0.717) is 61.0 Å². The van der Waals surface area contributed by atoms with E-state index in [1.165, 1.54) is 10.4 Å². The van der Waals surface area contributed by atoms with Crippen LogP contribution >= 0.6 is 0 Å². The quantitative estimate of drug-likeness (QED) is 0.466. The Kier molecular flexibility index (Phi) is 6.20. The Bertz CT molecular complexity index is 1440. The molecule has 36 heavy (non-hydrogen) atoms. The zero-order valence-electron chi connectivity index (χ0n) is 19.1. The molecule has 0 spiro atoms. The lowest BCUT2D eigenvalue weighted by molar-refractivity contribution is -0.137. The summed E-state index contributed by atoms with van der Waals surface area (Å²) in [4.78, 5) is 8.52. The summed E-state index contributed by atoms with van der Waals surface area (Å²) < 4.78 is 66.0. The van der Waals surface area contributed by atoms with Crippen LogP contribution in [0.2, 0.25) is 0 Å². The fraction of sp³-hybridized carbons (Fsp3) is 0.348. The molecule has 0 amide bonds. The maximum atomic E-state index is 13.2. The third kappa shape index (κ3) is 4.80. The zero-order valence-corrected chi connectivity index (χ0v) is 19.9. The topological polar surface area (TPSA) is 130 Å². The van der Waals surface area contributed by atoms with Crippen LogP contribution in [0, 0.1) is 0 Å². The SMILES string of the molecule is Nc1n[nH]c2ncc(C3=CC=C(S(=O)(=O)N4CCC(Nc5ccc(C(F)(F)F)cn5)CC4)CC3)cc12. The summed E-state index contributed by atoms with van der Waals surface area (Å²) >= 11 is 0. The van der Waals surface area contributed by atoms with Crippen molar-refractivity contribution in [1.82, 2.24) is 24.5 Å². The van der Waals surface area contributed by atoms with Crippen LogP contribution in [0.15, 0.2) is 47.6 Å². The molecule has 2 aliphatic rings. The van der Waals surface area contributed by atoms with Gasteiger partial charge in [-0.1, -0.05) is 6.08 Å². The van der Waals surface area contributed by atoms with E-state index in [0.717, 1.165) is 28.8 Å². The first-order valence-electron chi connectivity index (χ1n) is 11.4. The van der Waals surface area contributed by atoms with Gasteiger partial charge >= 0.3 is 6.18 Å². The number of nitrogens with one attached hydrogen (secondary N) is 2. The summed E-state index contributed by atoms with van der Waals surface area (Å²) in [5.74, 6) is 0.698. The molecule has 0 radical (unpaired) electrons. The largest absolute Gasteiger partial charge is 0.417 e. The number of H-pyrrole nitrogens is 1. The number of hydrogen-bond acceptors (Lipinski definition) is 7. The number of aromatic amines is 1. The van der Waals surface area contributed by atoms with Gasteiger partial charge in [0.25, 0.3) is 0 Å². The molecule has 0 atom stereocenters. The first-order chi connectivity index (χ1) is 17.1. The minimum absolute atomic E-state index is 0.0784. The molecular weight excluding hydrogens is 495 g/mol. The van der Waals surface area contributed by atoms with Gasteiger partial charge in [0.15, 0.2) is 11.5 Å². The van der Waals surface area contributed by atoms with Crippen molar-refractivity contribution in [1.29, 1.82) is 0 Å². The third-order valence-electron chi connectivity index (χ3n) is 6.50. The molecule has 190 valence electrons. The summed E-state index contributed by atoms with van der Waals surface area (Å²) in [7, 11) is -3.61. The summed E-state index contributed by atoms with van der Waals surface area (Å²) in [5.41, 5.74) is 7.48. The molecule has 0 bridgehead atoms. The number of halogens is 3. The van der Waals surface area contributed by atoms with Crippen molar-refractivity contribution in [2.45, 2.75) is 37.9 Å². The molecule has 5 rings (SSSR count). The molecule has 0 saturated carbocycles. The number of aromatic nitrogens is 4. The van der Waals surface area contributed by atoms with Crippen molar-refractivity contribution in [3.05, 3.63) is 58.8 Å². The Hall–Kier alpha value is -3.45. The van der Waals surface area contributed by atoms with Crippen LogP contribution in [-0.4, -0.2) is 52.0 Å². The van der Waals surface area contributed by atoms with Gasteiger partial charge in [-0.2, -0.15) is 22.6 Å². The highest BCUT2D eigenvalue weighted by molar-refractivity contribution is 7.93. The number of nitrogens with two attached hydrogens (primary N) is 1. The number of pyridine rings is 2. The molecule has 4 heterocycles. The molecule has 4 N–H and O–H groups in total. The summed E-state index contributed by atoms with van der Waals surface area (Å²) in [6.07, 6.45) is 3.48. The minimum atomic E-state index is -4.44. The number of fused-ring (bicyclic) bond motifs is 1. The predicted octanol–water partition coefficient (Wildman–Crippen LogP) is 3.92. The maximum Gasteiger partial charge on any atom is 0.417 e. The number of nitrogens with zero attached hydrogens (tertiary/aromatic N) is 4. The van der Waals surface area contributed by atoms with Gasteiger partial charge in [0.05, 0.1) is 15.9 Å². The smallest absolute Gasteiger partial charge is 0.382 e. The van der Waals surface area contributed by atoms with Crippen molar-refractivity contribution >= 4 is 38.3 Å². The van der Waals surface area contributed by atoms with Gasteiger partial charge < -0.3 is 11.1 Å². The number of piperidine rings is 1. The van der Waals surface area contributed by atoms with E-state index >= 15 is 0 Å². The van der Waals surface area contributed by atoms with Gasteiger partial charge in [0, 0.05) is 31.5 Å². The Labute approximate surface area is 205 Å². The lowest BCUT2D eigenvalue weighted by Crippen LogP contribution is -2.42. The minimum Gasteiger partial charge on any atom is -0.382 e. The Morgan fingerprint density at radius 2 is 1.86 bits per heavy atom. The van der Waals surface area contributed by atoms with Gasteiger partial charge in [0.1, 0.15) is 5.82 Å². The monoisotopic (exact) mass is 519 g/mol. The average Bonchev–Trinajstić information content (AvgIpc) is 3.24. The highest BCUT2D eigenvalue weighted by Gasteiger charge is 2.33. The Morgan fingerprint density at radius 3 is 2.50 bits per heavy atom. The fourth-order valence-electron chi connectivity index (χ4n) is 4.43. The van der Waals surface area contributed by atoms with Crippen molar-refractivity contribution in [2.24, 2.45) is 0 Å². The maximum absolute atomic E-state index is 13.2. The molecule has 9 nitrogen and oxygen atoms in total. The van der Waals surface area contributed by atoms with Crippen molar-refractivity contribution < 1.29 is 21.6 Å². The lowest BCUT2D eigenvalue weighted by Gasteiger charge is -2.33. The van der Waals surface area contributed by atoms with Gasteiger partial charge in [-0.05, 0) is 61.1 Å². The van der Waals surface area contributed by atoms with Crippen LogP contribution in [0.4, 0.5) is 24.8 Å². The number of hydrogen-bond donors (Lipinski definition) is 3. The van der Waals surface area contributed by atoms with E-state index in [4.69, 9.17) is 5.73 Å². The fourth-order valence-corrected chi connectivity index (χ4v) is 6.06. The molecule has 0 aromatic carbocycles. The molecule has 1 fully saturated rings. The highest BCUT2D eigenvalue weighted by atomic mass is 32.2. The van der Waals surface area contributed by atoms with Crippen molar-refractivity contribution in [3.63, 3.8) is 0 Å². The van der Waals surface area contributed by atoms with Crippen LogP contribution in [0.1, 0.15) is 36.8 Å². The van der Waals surface area contributed by atoms with Gasteiger partial charge in [-0.3, -0.25) is 5.10 Å². The second-order valence-corrected chi connectivity index (χ2v) is 10.8.